The monoisotopic (exact) mass is 308 g/mol. The van der Waals surface area contributed by atoms with Gasteiger partial charge in [0.2, 0.25) is 5.13 Å². The van der Waals surface area contributed by atoms with Gasteiger partial charge in [-0.15, -0.1) is 10.2 Å². The number of nitrogens with zero attached hydrogens (tertiary/aromatic N) is 4. The second-order valence-corrected chi connectivity index (χ2v) is 6.06. The van der Waals surface area contributed by atoms with E-state index in [1.165, 1.54) is 13.2 Å². The van der Waals surface area contributed by atoms with Crippen LogP contribution in [0.3, 0.4) is 0 Å². The fourth-order valence-corrected chi connectivity index (χ4v) is 3.16. The molecule has 0 unspecified atom stereocenters. The van der Waals surface area contributed by atoms with Crippen molar-refractivity contribution in [3.8, 4) is 5.75 Å². The molecule has 0 atom stereocenters. The van der Waals surface area contributed by atoms with Gasteiger partial charge in [-0.1, -0.05) is 11.3 Å². The smallest absolute Gasteiger partial charge is 0.208 e. The molecule has 0 saturated carbocycles. The van der Waals surface area contributed by atoms with Gasteiger partial charge in [-0.3, -0.25) is 0 Å². The molecule has 1 aromatic carbocycles. The number of hydrogen-bond acceptors (Lipinski definition) is 6. The van der Waals surface area contributed by atoms with E-state index in [0.717, 1.165) is 42.0 Å². The summed E-state index contributed by atoms with van der Waals surface area (Å²) in [4.78, 5) is 4.40. The summed E-state index contributed by atoms with van der Waals surface area (Å²) in [7, 11) is 1.47. The topological polar surface area (TPSA) is 41.5 Å². The predicted octanol–water partition coefficient (Wildman–Crippen LogP) is 2.32. The lowest BCUT2D eigenvalue weighted by atomic mass is 10.2. The fraction of sp³-hybridized carbons (Fsp3) is 0.429. The van der Waals surface area contributed by atoms with Crippen molar-refractivity contribution < 1.29 is 9.13 Å². The summed E-state index contributed by atoms with van der Waals surface area (Å²) in [5.74, 6) is -0.0427. The Kier molecular flexibility index (Phi) is 3.92. The minimum atomic E-state index is -0.322. The van der Waals surface area contributed by atoms with Crippen LogP contribution in [0, 0.1) is 12.7 Å². The van der Waals surface area contributed by atoms with E-state index >= 15 is 0 Å². The van der Waals surface area contributed by atoms with Gasteiger partial charge in [0.25, 0.3) is 0 Å². The maximum atomic E-state index is 13.8. The van der Waals surface area contributed by atoms with Crippen LogP contribution in [0.5, 0.6) is 5.75 Å². The van der Waals surface area contributed by atoms with Gasteiger partial charge < -0.3 is 14.5 Å². The Labute approximate surface area is 127 Å². The van der Waals surface area contributed by atoms with Crippen molar-refractivity contribution in [2.75, 3.05) is 43.1 Å². The molecule has 0 aliphatic carbocycles. The predicted molar refractivity (Wildman–Crippen MR) is 82.0 cm³/mol. The Morgan fingerprint density at radius 3 is 2.43 bits per heavy atom. The van der Waals surface area contributed by atoms with Crippen molar-refractivity contribution in [2.45, 2.75) is 6.92 Å². The van der Waals surface area contributed by atoms with Crippen LogP contribution in [0.1, 0.15) is 5.01 Å². The van der Waals surface area contributed by atoms with Gasteiger partial charge in [0, 0.05) is 37.9 Å². The number of halogens is 1. The molecule has 0 amide bonds. The molecule has 1 saturated heterocycles. The van der Waals surface area contributed by atoms with E-state index in [4.69, 9.17) is 4.74 Å². The van der Waals surface area contributed by atoms with Crippen LogP contribution >= 0.6 is 11.3 Å². The summed E-state index contributed by atoms with van der Waals surface area (Å²) < 4.78 is 18.7. The molecule has 7 heteroatoms. The molecule has 0 spiro atoms. The van der Waals surface area contributed by atoms with E-state index in [1.54, 1.807) is 17.4 Å². The van der Waals surface area contributed by atoms with Crippen molar-refractivity contribution in [3.05, 3.63) is 29.0 Å². The molecule has 3 rings (SSSR count). The number of methoxy groups -OCH3 is 1. The van der Waals surface area contributed by atoms with Crippen LogP contribution in [0.4, 0.5) is 15.2 Å². The van der Waals surface area contributed by atoms with Crippen LogP contribution < -0.4 is 14.5 Å². The van der Waals surface area contributed by atoms with Crippen molar-refractivity contribution in [1.82, 2.24) is 10.2 Å². The van der Waals surface area contributed by atoms with Crippen LogP contribution in [0.2, 0.25) is 0 Å². The second-order valence-electron chi connectivity index (χ2n) is 4.90. The van der Waals surface area contributed by atoms with E-state index in [0.29, 0.717) is 0 Å². The lowest BCUT2D eigenvalue weighted by Crippen LogP contribution is -2.46. The SMILES string of the molecule is COc1ccc(N2CCN(c3nnc(C)s3)CC2)cc1F. The number of ether oxygens (including phenoxy) is 1. The second kappa shape index (κ2) is 5.85. The number of benzene rings is 1. The molecule has 5 nitrogen and oxygen atoms in total. The van der Waals surface area contributed by atoms with E-state index < -0.39 is 0 Å². The highest BCUT2D eigenvalue weighted by atomic mass is 32.1. The molecule has 112 valence electrons. The normalized spacial score (nSPS) is 15.4. The lowest BCUT2D eigenvalue weighted by molar-refractivity contribution is 0.386. The zero-order chi connectivity index (χ0) is 14.8. The van der Waals surface area contributed by atoms with Crippen molar-refractivity contribution in [1.29, 1.82) is 0 Å². The summed E-state index contributed by atoms with van der Waals surface area (Å²) in [5.41, 5.74) is 0.890. The lowest BCUT2D eigenvalue weighted by Gasteiger charge is -2.35. The highest BCUT2D eigenvalue weighted by Crippen LogP contribution is 2.26. The zero-order valence-corrected chi connectivity index (χ0v) is 12.9. The molecule has 1 aromatic heterocycles. The number of piperazine rings is 1. The van der Waals surface area contributed by atoms with Gasteiger partial charge in [-0.2, -0.15) is 0 Å². The average molecular weight is 308 g/mol. The average Bonchev–Trinajstić information content (AvgIpc) is 2.94. The first kappa shape index (κ1) is 14.1. The van der Waals surface area contributed by atoms with E-state index in [9.17, 15) is 4.39 Å². The fourth-order valence-electron chi connectivity index (χ4n) is 2.42. The molecular weight excluding hydrogens is 291 g/mol. The maximum Gasteiger partial charge on any atom is 0.208 e. The summed E-state index contributed by atoms with van der Waals surface area (Å²) in [6, 6.07) is 5.10. The molecular formula is C14H17FN4OS. The first-order valence-corrected chi connectivity index (χ1v) is 7.62. The minimum absolute atomic E-state index is 0.279. The summed E-state index contributed by atoms with van der Waals surface area (Å²) in [6.07, 6.45) is 0. The van der Waals surface area contributed by atoms with Gasteiger partial charge in [0.05, 0.1) is 7.11 Å². The van der Waals surface area contributed by atoms with Crippen molar-refractivity contribution >= 4 is 22.2 Å². The molecule has 2 aromatic rings. The molecule has 2 heterocycles. The maximum absolute atomic E-state index is 13.8. The number of rotatable bonds is 3. The third kappa shape index (κ3) is 2.92. The Bertz CT molecular complexity index is 625. The van der Waals surface area contributed by atoms with Crippen LogP contribution in [-0.2, 0) is 0 Å². The van der Waals surface area contributed by atoms with E-state index in [-0.39, 0.29) is 11.6 Å². The number of aryl methyl sites for hydroxylation is 1. The van der Waals surface area contributed by atoms with Crippen LogP contribution in [0.15, 0.2) is 18.2 Å². The standard InChI is InChI=1S/C14H17FN4OS/c1-10-16-17-14(21-10)19-7-5-18(6-8-19)11-3-4-13(20-2)12(15)9-11/h3-4,9H,5-8H2,1-2H3. The zero-order valence-electron chi connectivity index (χ0n) is 12.0. The molecule has 1 fully saturated rings. The first-order chi connectivity index (χ1) is 10.2. The highest BCUT2D eigenvalue weighted by molar-refractivity contribution is 7.15. The first-order valence-electron chi connectivity index (χ1n) is 6.81. The summed E-state index contributed by atoms with van der Waals surface area (Å²) in [6.45, 7) is 5.36. The Morgan fingerprint density at radius 1 is 1.14 bits per heavy atom. The van der Waals surface area contributed by atoms with Gasteiger partial charge in [0.1, 0.15) is 5.01 Å². The minimum Gasteiger partial charge on any atom is -0.494 e. The van der Waals surface area contributed by atoms with Crippen LogP contribution in [-0.4, -0.2) is 43.5 Å². The molecule has 0 N–H and O–H groups in total. The van der Waals surface area contributed by atoms with Gasteiger partial charge >= 0.3 is 0 Å². The quantitative estimate of drug-likeness (QED) is 0.870. The molecule has 21 heavy (non-hydrogen) atoms. The third-order valence-corrected chi connectivity index (χ3v) is 4.47. The molecule has 1 aliphatic heterocycles. The van der Waals surface area contributed by atoms with E-state index in [2.05, 4.69) is 20.0 Å². The van der Waals surface area contributed by atoms with Crippen molar-refractivity contribution in [2.24, 2.45) is 0 Å². The summed E-state index contributed by atoms with van der Waals surface area (Å²) in [5, 5.41) is 10.2. The summed E-state index contributed by atoms with van der Waals surface area (Å²) >= 11 is 1.61. The van der Waals surface area contributed by atoms with Crippen LogP contribution in [0.25, 0.3) is 0 Å². The van der Waals surface area contributed by atoms with Crippen molar-refractivity contribution in [3.63, 3.8) is 0 Å². The van der Waals surface area contributed by atoms with Gasteiger partial charge in [-0.05, 0) is 19.1 Å². The molecule has 0 bridgehead atoms. The van der Waals surface area contributed by atoms with E-state index in [1.807, 2.05) is 13.0 Å². The molecule has 0 radical (unpaired) electrons. The number of aromatic nitrogens is 2. The Hall–Kier alpha value is -1.89. The Morgan fingerprint density at radius 2 is 1.86 bits per heavy atom. The largest absolute Gasteiger partial charge is 0.494 e. The van der Waals surface area contributed by atoms with Gasteiger partial charge in [-0.25, -0.2) is 4.39 Å². The number of anilines is 2. The molecule has 1 aliphatic rings. The highest BCUT2D eigenvalue weighted by Gasteiger charge is 2.20. The third-order valence-electron chi connectivity index (χ3n) is 3.57. The van der Waals surface area contributed by atoms with Gasteiger partial charge in [0.15, 0.2) is 11.6 Å². The number of hydrogen-bond donors (Lipinski definition) is 0. The Balaban J connectivity index is 1.67.